The number of phenols is 1. The highest BCUT2D eigenvalue weighted by molar-refractivity contribution is 5.84. The molecule has 0 saturated carbocycles. The van der Waals surface area contributed by atoms with E-state index in [2.05, 4.69) is 16.8 Å². The Morgan fingerprint density at radius 3 is 2.50 bits per heavy atom. The Balaban J connectivity index is 1.85. The Kier molecular flexibility index (Phi) is 5.65. The molecule has 7 heteroatoms. The van der Waals surface area contributed by atoms with Crippen LogP contribution < -0.4 is 14.9 Å². The molecule has 1 N–H and O–H groups in total. The van der Waals surface area contributed by atoms with E-state index in [1.165, 1.54) is 18.4 Å². The van der Waals surface area contributed by atoms with E-state index in [9.17, 15) is 9.90 Å². The van der Waals surface area contributed by atoms with Gasteiger partial charge in [0.1, 0.15) is 29.1 Å². The first-order valence-electron chi connectivity index (χ1n) is 9.91. The zero-order chi connectivity index (χ0) is 21.3. The lowest BCUT2D eigenvalue weighted by atomic mass is 9.97. The Morgan fingerprint density at radius 1 is 1.03 bits per heavy atom. The average Bonchev–Trinajstić information content (AvgIpc) is 2.75. The molecular formula is C23H26N2O5. The maximum Gasteiger partial charge on any atom is 0.200 e. The summed E-state index contributed by atoms with van der Waals surface area (Å²) in [6, 6.07) is 8.21. The number of benzene rings is 2. The molecule has 1 fully saturated rings. The lowest BCUT2D eigenvalue weighted by Crippen LogP contribution is -2.44. The van der Waals surface area contributed by atoms with Crippen LogP contribution in [0.4, 0.5) is 0 Å². The number of hydrogen-bond acceptors (Lipinski definition) is 7. The third-order valence-electron chi connectivity index (χ3n) is 5.66. The van der Waals surface area contributed by atoms with Crippen LogP contribution in [0.15, 0.2) is 45.8 Å². The van der Waals surface area contributed by atoms with Crippen LogP contribution in [0, 0.1) is 0 Å². The smallest absolute Gasteiger partial charge is 0.200 e. The summed E-state index contributed by atoms with van der Waals surface area (Å²) in [6.07, 6.45) is 1.45. The quantitative estimate of drug-likeness (QED) is 0.693. The number of methoxy groups -OCH3 is 2. The molecule has 30 heavy (non-hydrogen) atoms. The third kappa shape index (κ3) is 3.86. The molecule has 0 atom stereocenters. The molecule has 0 aliphatic carbocycles. The van der Waals surface area contributed by atoms with Gasteiger partial charge in [-0.2, -0.15) is 0 Å². The molecule has 2 heterocycles. The summed E-state index contributed by atoms with van der Waals surface area (Å²) in [5, 5.41) is 10.1. The van der Waals surface area contributed by atoms with Gasteiger partial charge in [0, 0.05) is 56.0 Å². The van der Waals surface area contributed by atoms with Gasteiger partial charge < -0.3 is 23.9 Å². The van der Waals surface area contributed by atoms with Crippen molar-refractivity contribution >= 4 is 11.0 Å². The summed E-state index contributed by atoms with van der Waals surface area (Å²) in [5.74, 6) is 1.33. The predicted molar refractivity (Wildman–Crippen MR) is 115 cm³/mol. The van der Waals surface area contributed by atoms with Gasteiger partial charge in [0.25, 0.3) is 0 Å². The van der Waals surface area contributed by atoms with E-state index in [4.69, 9.17) is 13.9 Å². The fourth-order valence-electron chi connectivity index (χ4n) is 3.86. The minimum Gasteiger partial charge on any atom is -0.508 e. The topological polar surface area (TPSA) is 75.4 Å². The van der Waals surface area contributed by atoms with Crippen molar-refractivity contribution in [3.63, 3.8) is 0 Å². The Labute approximate surface area is 175 Å². The minimum atomic E-state index is -0.161. The zero-order valence-electron chi connectivity index (χ0n) is 17.5. The van der Waals surface area contributed by atoms with Crippen LogP contribution in [0.2, 0.25) is 0 Å². The van der Waals surface area contributed by atoms with Crippen molar-refractivity contribution in [1.29, 1.82) is 0 Å². The second kappa shape index (κ2) is 8.38. The summed E-state index contributed by atoms with van der Waals surface area (Å²) in [7, 11) is 5.33. The number of hydrogen-bond donors (Lipinski definition) is 1. The number of phenolic OH excluding ortho intramolecular Hbond substituents is 1. The number of nitrogens with zero attached hydrogens (tertiary/aromatic N) is 2. The fraction of sp³-hybridized carbons (Fsp3) is 0.348. The van der Waals surface area contributed by atoms with E-state index in [0.717, 1.165) is 37.3 Å². The van der Waals surface area contributed by atoms with Crippen LogP contribution in [0.3, 0.4) is 0 Å². The number of aromatic hydroxyl groups is 1. The molecule has 1 aliphatic heterocycles. The Bertz CT molecular complexity index is 1120. The van der Waals surface area contributed by atoms with Crippen molar-refractivity contribution in [3.8, 4) is 28.4 Å². The van der Waals surface area contributed by atoms with Crippen LogP contribution in [-0.4, -0.2) is 62.4 Å². The van der Waals surface area contributed by atoms with Crippen LogP contribution >= 0.6 is 0 Å². The van der Waals surface area contributed by atoms with Gasteiger partial charge in [-0.1, -0.05) is 0 Å². The van der Waals surface area contributed by atoms with E-state index in [1.54, 1.807) is 20.3 Å². The van der Waals surface area contributed by atoms with Gasteiger partial charge >= 0.3 is 0 Å². The van der Waals surface area contributed by atoms with Crippen molar-refractivity contribution in [2.24, 2.45) is 0 Å². The van der Waals surface area contributed by atoms with Crippen molar-refractivity contribution in [2.45, 2.75) is 6.54 Å². The van der Waals surface area contributed by atoms with Gasteiger partial charge in [-0.05, 0) is 25.2 Å². The zero-order valence-corrected chi connectivity index (χ0v) is 17.5. The highest BCUT2D eigenvalue weighted by Crippen LogP contribution is 2.36. The summed E-state index contributed by atoms with van der Waals surface area (Å²) < 4.78 is 16.8. The van der Waals surface area contributed by atoms with Gasteiger partial charge in [-0.25, -0.2) is 0 Å². The number of likely N-dealkylation sites (N-methyl/N-ethyl adjacent to an activating group) is 1. The molecule has 3 aromatic rings. The molecule has 2 aromatic carbocycles. The molecule has 0 spiro atoms. The molecule has 0 radical (unpaired) electrons. The van der Waals surface area contributed by atoms with Crippen LogP contribution in [0.25, 0.3) is 22.1 Å². The first-order chi connectivity index (χ1) is 14.5. The Hall–Kier alpha value is -3.03. The molecule has 4 rings (SSSR count). The lowest BCUT2D eigenvalue weighted by Gasteiger charge is -2.33. The average molecular weight is 410 g/mol. The fourth-order valence-corrected chi connectivity index (χ4v) is 3.86. The van der Waals surface area contributed by atoms with Gasteiger partial charge in [-0.15, -0.1) is 0 Å². The summed E-state index contributed by atoms with van der Waals surface area (Å²) in [6.45, 7) is 4.53. The number of piperazine rings is 1. The molecule has 1 aromatic heterocycles. The monoisotopic (exact) mass is 410 g/mol. The molecule has 0 amide bonds. The maximum atomic E-state index is 13.3. The van der Waals surface area contributed by atoms with E-state index >= 15 is 0 Å². The highest BCUT2D eigenvalue weighted by atomic mass is 16.5. The maximum absolute atomic E-state index is 13.3. The molecule has 1 saturated heterocycles. The van der Waals surface area contributed by atoms with Crippen molar-refractivity contribution in [2.75, 3.05) is 47.4 Å². The molecule has 158 valence electrons. The molecule has 7 nitrogen and oxygen atoms in total. The van der Waals surface area contributed by atoms with Crippen molar-refractivity contribution < 1.29 is 19.0 Å². The van der Waals surface area contributed by atoms with Gasteiger partial charge in [0.15, 0.2) is 0 Å². The van der Waals surface area contributed by atoms with Gasteiger partial charge in [-0.3, -0.25) is 9.69 Å². The first-order valence-corrected chi connectivity index (χ1v) is 9.91. The largest absolute Gasteiger partial charge is 0.508 e. The predicted octanol–water partition coefficient (Wildman–Crippen LogP) is 2.93. The second-order valence-corrected chi connectivity index (χ2v) is 7.59. The molecule has 0 bridgehead atoms. The van der Waals surface area contributed by atoms with E-state index < -0.39 is 0 Å². The normalized spacial score (nSPS) is 15.4. The van der Waals surface area contributed by atoms with E-state index in [0.29, 0.717) is 34.6 Å². The van der Waals surface area contributed by atoms with Crippen molar-refractivity contribution in [3.05, 3.63) is 52.4 Å². The second-order valence-electron chi connectivity index (χ2n) is 7.59. The minimum absolute atomic E-state index is 0.0530. The first kappa shape index (κ1) is 20.3. The number of ether oxygens (including phenoxy) is 2. The third-order valence-corrected chi connectivity index (χ3v) is 5.66. The Morgan fingerprint density at radius 2 is 1.80 bits per heavy atom. The van der Waals surface area contributed by atoms with E-state index in [-0.39, 0.29) is 11.2 Å². The highest BCUT2D eigenvalue weighted by Gasteiger charge is 2.22. The van der Waals surface area contributed by atoms with Gasteiger partial charge in [0.2, 0.25) is 5.43 Å². The summed E-state index contributed by atoms with van der Waals surface area (Å²) in [4.78, 5) is 17.9. The number of fused-ring (bicyclic) bond motifs is 1. The molecule has 0 unspecified atom stereocenters. The van der Waals surface area contributed by atoms with Gasteiger partial charge in [0.05, 0.1) is 25.2 Å². The number of rotatable bonds is 5. The summed E-state index contributed by atoms with van der Waals surface area (Å²) >= 11 is 0. The van der Waals surface area contributed by atoms with Crippen LogP contribution in [0.5, 0.6) is 17.2 Å². The standard InChI is InChI=1S/C23H26N2O5/c1-24-6-8-25(9-7-24)13-19-18(11-16(28-2)12-21(19)29-3)20-14-30-22-10-15(26)4-5-17(22)23(20)27/h4-5,10-12,14,26H,6-9,13H2,1-3H3. The van der Waals surface area contributed by atoms with Crippen LogP contribution in [0.1, 0.15) is 5.56 Å². The summed E-state index contributed by atoms with van der Waals surface area (Å²) in [5.41, 5.74) is 2.28. The molecular weight excluding hydrogens is 384 g/mol. The SMILES string of the molecule is COc1cc(OC)c(CN2CCN(C)CC2)c(-c2coc3cc(O)ccc3c2=O)c1. The van der Waals surface area contributed by atoms with Crippen LogP contribution in [-0.2, 0) is 6.54 Å². The lowest BCUT2D eigenvalue weighted by molar-refractivity contribution is 0.147. The molecule has 1 aliphatic rings. The van der Waals surface area contributed by atoms with Crippen molar-refractivity contribution in [1.82, 2.24) is 9.80 Å². The van der Waals surface area contributed by atoms with E-state index in [1.807, 2.05) is 12.1 Å².